The van der Waals surface area contributed by atoms with Gasteiger partial charge in [-0.05, 0) is 18.4 Å². The van der Waals surface area contributed by atoms with Crippen LogP contribution < -0.4 is 0 Å². The van der Waals surface area contributed by atoms with Crippen LogP contribution in [0.2, 0.25) is 0 Å². The standard InChI is InChI=1S/C24H41NO2/c1-2-3-4-5-6-7-8-9-10-11-12-13-14-15-16-17-18-23-19-21-24(22-20-23)25(26)27/h19-22H,2-18H2,1H3. The lowest BCUT2D eigenvalue weighted by atomic mass is 10.0. The Balaban J connectivity index is 1.81. The molecule has 0 aromatic heterocycles. The van der Waals surface area contributed by atoms with Crippen LogP contribution in [0.15, 0.2) is 24.3 Å². The van der Waals surface area contributed by atoms with E-state index >= 15 is 0 Å². The van der Waals surface area contributed by atoms with Crippen molar-refractivity contribution in [2.45, 2.75) is 116 Å². The predicted molar refractivity (Wildman–Crippen MR) is 116 cm³/mol. The zero-order valence-electron chi connectivity index (χ0n) is 17.6. The predicted octanol–water partition coefficient (Wildman–Crippen LogP) is 8.40. The van der Waals surface area contributed by atoms with Gasteiger partial charge in [0.25, 0.3) is 5.69 Å². The van der Waals surface area contributed by atoms with Gasteiger partial charge in [0, 0.05) is 12.1 Å². The van der Waals surface area contributed by atoms with Crippen molar-refractivity contribution in [1.29, 1.82) is 0 Å². The summed E-state index contributed by atoms with van der Waals surface area (Å²) in [7, 11) is 0. The van der Waals surface area contributed by atoms with Crippen molar-refractivity contribution in [3.8, 4) is 0 Å². The van der Waals surface area contributed by atoms with Gasteiger partial charge in [0.15, 0.2) is 0 Å². The van der Waals surface area contributed by atoms with E-state index in [4.69, 9.17) is 0 Å². The third kappa shape index (κ3) is 13.4. The number of unbranched alkanes of at least 4 members (excludes halogenated alkanes) is 15. The van der Waals surface area contributed by atoms with Crippen LogP contribution in [0.5, 0.6) is 0 Å². The van der Waals surface area contributed by atoms with E-state index in [9.17, 15) is 10.1 Å². The minimum atomic E-state index is -0.335. The summed E-state index contributed by atoms with van der Waals surface area (Å²) in [6.45, 7) is 2.28. The normalized spacial score (nSPS) is 11.0. The number of rotatable bonds is 18. The molecule has 154 valence electrons. The highest BCUT2D eigenvalue weighted by molar-refractivity contribution is 5.32. The Labute approximate surface area is 167 Å². The van der Waals surface area contributed by atoms with Gasteiger partial charge in [-0.3, -0.25) is 10.1 Å². The van der Waals surface area contributed by atoms with E-state index in [0.29, 0.717) is 0 Å². The number of nitro groups is 1. The molecule has 1 rings (SSSR count). The number of hydrogen-bond acceptors (Lipinski definition) is 2. The minimum absolute atomic E-state index is 0.186. The van der Waals surface area contributed by atoms with E-state index in [1.54, 1.807) is 12.1 Å². The second-order valence-corrected chi connectivity index (χ2v) is 7.98. The second-order valence-electron chi connectivity index (χ2n) is 7.98. The van der Waals surface area contributed by atoms with Crippen LogP contribution in [-0.4, -0.2) is 4.92 Å². The summed E-state index contributed by atoms with van der Waals surface area (Å²) in [6.07, 6.45) is 23.2. The summed E-state index contributed by atoms with van der Waals surface area (Å²) in [6, 6.07) is 7.01. The fraction of sp³-hybridized carbons (Fsp3) is 0.750. The Hall–Kier alpha value is -1.38. The first-order valence-electron chi connectivity index (χ1n) is 11.5. The van der Waals surface area contributed by atoms with E-state index in [0.717, 1.165) is 6.42 Å². The van der Waals surface area contributed by atoms with Crippen molar-refractivity contribution in [2.24, 2.45) is 0 Å². The number of nitro benzene ring substituents is 1. The molecule has 0 heterocycles. The fourth-order valence-electron chi connectivity index (χ4n) is 3.66. The smallest absolute Gasteiger partial charge is 0.258 e. The molecule has 0 saturated carbocycles. The monoisotopic (exact) mass is 375 g/mol. The molecule has 0 aliphatic heterocycles. The van der Waals surface area contributed by atoms with Crippen molar-refractivity contribution in [3.63, 3.8) is 0 Å². The van der Waals surface area contributed by atoms with Crippen LogP contribution in [0.4, 0.5) is 5.69 Å². The number of aryl methyl sites for hydroxylation is 1. The van der Waals surface area contributed by atoms with Gasteiger partial charge in [0.1, 0.15) is 0 Å². The lowest BCUT2D eigenvalue weighted by molar-refractivity contribution is -0.384. The second kappa shape index (κ2) is 16.8. The van der Waals surface area contributed by atoms with Crippen molar-refractivity contribution in [3.05, 3.63) is 39.9 Å². The average molecular weight is 376 g/mol. The van der Waals surface area contributed by atoms with E-state index in [2.05, 4.69) is 6.92 Å². The molecule has 0 atom stereocenters. The topological polar surface area (TPSA) is 43.1 Å². The molecule has 0 bridgehead atoms. The third-order valence-electron chi connectivity index (χ3n) is 5.47. The Morgan fingerprint density at radius 3 is 1.37 bits per heavy atom. The van der Waals surface area contributed by atoms with Gasteiger partial charge in [0.2, 0.25) is 0 Å². The van der Waals surface area contributed by atoms with Crippen LogP contribution in [0.25, 0.3) is 0 Å². The third-order valence-corrected chi connectivity index (χ3v) is 5.47. The van der Waals surface area contributed by atoms with E-state index in [1.165, 1.54) is 108 Å². The van der Waals surface area contributed by atoms with Crippen LogP contribution >= 0.6 is 0 Å². The number of nitrogens with zero attached hydrogens (tertiary/aromatic N) is 1. The largest absolute Gasteiger partial charge is 0.269 e. The van der Waals surface area contributed by atoms with Gasteiger partial charge in [-0.25, -0.2) is 0 Å². The zero-order chi connectivity index (χ0) is 19.6. The Morgan fingerprint density at radius 2 is 1.00 bits per heavy atom. The van der Waals surface area contributed by atoms with Crippen LogP contribution in [0, 0.1) is 10.1 Å². The maximum Gasteiger partial charge on any atom is 0.269 e. The van der Waals surface area contributed by atoms with Crippen molar-refractivity contribution < 1.29 is 4.92 Å². The van der Waals surface area contributed by atoms with Crippen LogP contribution in [0.3, 0.4) is 0 Å². The fourth-order valence-corrected chi connectivity index (χ4v) is 3.66. The van der Waals surface area contributed by atoms with Gasteiger partial charge in [-0.1, -0.05) is 115 Å². The summed E-state index contributed by atoms with van der Waals surface area (Å²) in [5, 5.41) is 10.6. The molecule has 0 aliphatic carbocycles. The maximum absolute atomic E-state index is 10.6. The SMILES string of the molecule is CCCCCCCCCCCCCCCCCCc1ccc([N+](=O)[O-])cc1. The average Bonchev–Trinajstić information content (AvgIpc) is 2.68. The van der Waals surface area contributed by atoms with Crippen LogP contribution in [0.1, 0.15) is 115 Å². The molecule has 0 N–H and O–H groups in total. The molecule has 0 amide bonds. The first kappa shape index (κ1) is 23.7. The Morgan fingerprint density at radius 1 is 0.630 bits per heavy atom. The van der Waals surface area contributed by atoms with Crippen LogP contribution in [-0.2, 0) is 6.42 Å². The van der Waals surface area contributed by atoms with Gasteiger partial charge in [0.05, 0.1) is 4.92 Å². The number of benzene rings is 1. The maximum atomic E-state index is 10.6. The first-order chi connectivity index (χ1) is 13.2. The molecule has 0 aliphatic rings. The lowest BCUT2D eigenvalue weighted by Gasteiger charge is -2.04. The highest BCUT2D eigenvalue weighted by atomic mass is 16.6. The summed E-state index contributed by atoms with van der Waals surface area (Å²) in [5.41, 5.74) is 1.40. The summed E-state index contributed by atoms with van der Waals surface area (Å²) < 4.78 is 0. The van der Waals surface area contributed by atoms with Gasteiger partial charge >= 0.3 is 0 Å². The highest BCUT2D eigenvalue weighted by Crippen LogP contribution is 2.16. The van der Waals surface area contributed by atoms with E-state index < -0.39 is 0 Å². The molecule has 27 heavy (non-hydrogen) atoms. The number of hydrogen-bond donors (Lipinski definition) is 0. The lowest BCUT2D eigenvalue weighted by Crippen LogP contribution is -1.90. The molecule has 0 saturated heterocycles. The molecule has 3 heteroatoms. The molecule has 1 aromatic carbocycles. The van der Waals surface area contributed by atoms with Gasteiger partial charge in [-0.15, -0.1) is 0 Å². The molecular formula is C24H41NO2. The molecule has 0 spiro atoms. The van der Waals surface area contributed by atoms with Crippen molar-refractivity contribution in [1.82, 2.24) is 0 Å². The van der Waals surface area contributed by atoms with Crippen molar-refractivity contribution >= 4 is 5.69 Å². The highest BCUT2D eigenvalue weighted by Gasteiger charge is 2.03. The molecule has 1 aromatic rings. The minimum Gasteiger partial charge on any atom is -0.258 e. The Kier molecular flexibility index (Phi) is 14.7. The van der Waals surface area contributed by atoms with Gasteiger partial charge < -0.3 is 0 Å². The van der Waals surface area contributed by atoms with E-state index in [1.807, 2.05) is 12.1 Å². The Bertz CT molecular complexity index is 470. The quantitative estimate of drug-likeness (QED) is 0.147. The van der Waals surface area contributed by atoms with Crippen molar-refractivity contribution in [2.75, 3.05) is 0 Å². The molecule has 0 radical (unpaired) electrons. The summed E-state index contributed by atoms with van der Waals surface area (Å²) in [4.78, 5) is 10.3. The van der Waals surface area contributed by atoms with E-state index in [-0.39, 0.29) is 10.6 Å². The molecular weight excluding hydrogens is 334 g/mol. The van der Waals surface area contributed by atoms with Gasteiger partial charge in [-0.2, -0.15) is 0 Å². The summed E-state index contributed by atoms with van der Waals surface area (Å²) >= 11 is 0. The first-order valence-corrected chi connectivity index (χ1v) is 11.5. The molecule has 3 nitrogen and oxygen atoms in total. The number of non-ortho nitro benzene ring substituents is 1. The summed E-state index contributed by atoms with van der Waals surface area (Å²) in [5.74, 6) is 0. The molecule has 0 unspecified atom stereocenters. The zero-order valence-corrected chi connectivity index (χ0v) is 17.6. The molecule has 0 fully saturated rings.